The summed E-state index contributed by atoms with van der Waals surface area (Å²) < 4.78 is 5.21. The number of methoxy groups -OCH3 is 1. The van der Waals surface area contributed by atoms with Crippen molar-refractivity contribution in [2.24, 2.45) is 0 Å². The topological polar surface area (TPSA) is 27.7 Å². The number of rotatable bonds is 7. The lowest BCUT2D eigenvalue weighted by Gasteiger charge is -2.32. The van der Waals surface area contributed by atoms with Gasteiger partial charge in [0, 0.05) is 52.4 Å². The maximum absolute atomic E-state index is 5.21. The van der Waals surface area contributed by atoms with Gasteiger partial charge in [0.2, 0.25) is 0 Å². The van der Waals surface area contributed by atoms with Gasteiger partial charge in [0.15, 0.2) is 0 Å². The van der Waals surface area contributed by atoms with Gasteiger partial charge in [-0.3, -0.25) is 9.80 Å². The lowest BCUT2D eigenvalue weighted by Crippen LogP contribution is -2.47. The van der Waals surface area contributed by atoms with E-state index in [1.807, 2.05) is 0 Å². The van der Waals surface area contributed by atoms with Gasteiger partial charge in [0.05, 0.1) is 6.61 Å². The van der Waals surface area contributed by atoms with Crippen LogP contribution in [-0.4, -0.2) is 75.4 Å². The molecule has 1 aliphatic heterocycles. The fourth-order valence-electron chi connectivity index (χ4n) is 2.24. The monoisotopic (exact) mass is 229 g/mol. The van der Waals surface area contributed by atoms with Crippen molar-refractivity contribution in [2.75, 3.05) is 59.5 Å². The van der Waals surface area contributed by atoms with Crippen LogP contribution >= 0.6 is 0 Å². The predicted octanol–water partition coefficient (Wildman–Crippen LogP) is 0.248. The van der Waals surface area contributed by atoms with Gasteiger partial charge in [-0.2, -0.15) is 0 Å². The molecule has 4 heteroatoms. The molecule has 1 unspecified atom stereocenters. The third-order valence-electron chi connectivity index (χ3n) is 3.35. The van der Waals surface area contributed by atoms with Gasteiger partial charge < -0.3 is 10.1 Å². The maximum Gasteiger partial charge on any atom is 0.0615 e. The predicted molar refractivity (Wildman–Crippen MR) is 67.9 cm³/mol. The van der Waals surface area contributed by atoms with Gasteiger partial charge in [-0.05, 0) is 13.5 Å². The molecule has 1 heterocycles. The van der Waals surface area contributed by atoms with E-state index in [2.05, 4.69) is 29.0 Å². The minimum Gasteiger partial charge on any atom is -0.383 e. The highest BCUT2D eigenvalue weighted by molar-refractivity contribution is 4.71. The average molecular weight is 229 g/mol. The van der Waals surface area contributed by atoms with Crippen molar-refractivity contribution in [1.82, 2.24) is 15.1 Å². The highest BCUT2D eigenvalue weighted by atomic mass is 16.5. The molecule has 0 aromatic rings. The summed E-state index contributed by atoms with van der Waals surface area (Å²) in [6.07, 6.45) is 0. The molecule has 96 valence electrons. The summed E-state index contributed by atoms with van der Waals surface area (Å²) in [6, 6.07) is 0.526. The largest absolute Gasteiger partial charge is 0.383 e. The van der Waals surface area contributed by atoms with Crippen molar-refractivity contribution < 1.29 is 4.74 Å². The molecule has 1 atom stereocenters. The Morgan fingerprint density at radius 1 is 1.38 bits per heavy atom. The quantitative estimate of drug-likeness (QED) is 0.677. The third-order valence-corrected chi connectivity index (χ3v) is 3.35. The summed E-state index contributed by atoms with van der Waals surface area (Å²) in [5, 5.41) is 3.38. The van der Waals surface area contributed by atoms with Crippen LogP contribution in [0.2, 0.25) is 0 Å². The SMILES string of the molecule is CCN(CCN1CCNCC1)C(C)COC. The summed E-state index contributed by atoms with van der Waals surface area (Å²) in [5.41, 5.74) is 0. The molecule has 0 radical (unpaired) electrons. The van der Waals surface area contributed by atoms with Crippen LogP contribution in [0.3, 0.4) is 0 Å². The zero-order chi connectivity index (χ0) is 11.8. The Balaban J connectivity index is 2.21. The fourth-order valence-corrected chi connectivity index (χ4v) is 2.24. The second-order valence-corrected chi connectivity index (χ2v) is 4.52. The Morgan fingerprint density at radius 2 is 2.06 bits per heavy atom. The minimum atomic E-state index is 0.526. The van der Waals surface area contributed by atoms with Crippen molar-refractivity contribution in [1.29, 1.82) is 0 Å². The molecule has 0 bridgehead atoms. The molecule has 0 amide bonds. The molecule has 1 rings (SSSR count). The standard InChI is InChI=1S/C12H27N3O/c1-4-15(12(2)11-16-3)10-9-14-7-5-13-6-8-14/h12-13H,4-11H2,1-3H3. The Kier molecular flexibility index (Phi) is 6.96. The van der Waals surface area contributed by atoms with Crippen LogP contribution < -0.4 is 5.32 Å². The molecule has 1 N–H and O–H groups in total. The van der Waals surface area contributed by atoms with Crippen LogP contribution in [0.1, 0.15) is 13.8 Å². The van der Waals surface area contributed by atoms with Crippen LogP contribution in [0.4, 0.5) is 0 Å². The van der Waals surface area contributed by atoms with E-state index in [0.717, 1.165) is 32.8 Å². The summed E-state index contributed by atoms with van der Waals surface area (Å²) in [5.74, 6) is 0. The Labute approximate surface area is 99.9 Å². The Bertz CT molecular complexity index is 172. The summed E-state index contributed by atoms with van der Waals surface area (Å²) in [7, 11) is 1.78. The second-order valence-electron chi connectivity index (χ2n) is 4.52. The van der Waals surface area contributed by atoms with Crippen LogP contribution in [0.5, 0.6) is 0 Å². The smallest absolute Gasteiger partial charge is 0.0615 e. The van der Waals surface area contributed by atoms with Gasteiger partial charge in [-0.25, -0.2) is 0 Å². The molecular weight excluding hydrogens is 202 g/mol. The molecule has 16 heavy (non-hydrogen) atoms. The molecule has 1 fully saturated rings. The first kappa shape index (κ1) is 13.9. The van der Waals surface area contributed by atoms with E-state index in [4.69, 9.17) is 4.74 Å². The fraction of sp³-hybridized carbons (Fsp3) is 1.00. The van der Waals surface area contributed by atoms with Crippen molar-refractivity contribution in [3.63, 3.8) is 0 Å². The van der Waals surface area contributed by atoms with Crippen molar-refractivity contribution in [3.05, 3.63) is 0 Å². The Hall–Kier alpha value is -0.160. The molecule has 0 saturated carbocycles. The van der Waals surface area contributed by atoms with Gasteiger partial charge in [0.25, 0.3) is 0 Å². The van der Waals surface area contributed by atoms with E-state index < -0.39 is 0 Å². The zero-order valence-electron chi connectivity index (χ0n) is 11.0. The Morgan fingerprint density at radius 3 is 2.62 bits per heavy atom. The van der Waals surface area contributed by atoms with E-state index in [-0.39, 0.29) is 0 Å². The number of nitrogens with one attached hydrogen (secondary N) is 1. The van der Waals surface area contributed by atoms with Crippen molar-refractivity contribution in [3.8, 4) is 0 Å². The molecule has 4 nitrogen and oxygen atoms in total. The third kappa shape index (κ3) is 4.78. The normalized spacial score (nSPS) is 20.2. The second kappa shape index (κ2) is 8.01. The van der Waals surface area contributed by atoms with Crippen LogP contribution in [0.25, 0.3) is 0 Å². The number of piperazine rings is 1. The first-order valence-corrected chi connectivity index (χ1v) is 6.44. The zero-order valence-corrected chi connectivity index (χ0v) is 11.0. The van der Waals surface area contributed by atoms with Crippen LogP contribution in [0, 0.1) is 0 Å². The van der Waals surface area contributed by atoms with Gasteiger partial charge in [0.1, 0.15) is 0 Å². The summed E-state index contributed by atoms with van der Waals surface area (Å²) >= 11 is 0. The highest BCUT2D eigenvalue weighted by Crippen LogP contribution is 2.01. The van der Waals surface area contributed by atoms with Crippen LogP contribution in [-0.2, 0) is 4.74 Å². The van der Waals surface area contributed by atoms with E-state index in [9.17, 15) is 0 Å². The number of hydrogen-bond donors (Lipinski definition) is 1. The van der Waals surface area contributed by atoms with Crippen molar-refractivity contribution in [2.45, 2.75) is 19.9 Å². The maximum atomic E-state index is 5.21. The molecular formula is C12H27N3O. The molecule has 0 aromatic heterocycles. The number of ether oxygens (including phenoxy) is 1. The summed E-state index contributed by atoms with van der Waals surface area (Å²) in [6.45, 7) is 13.4. The van der Waals surface area contributed by atoms with E-state index in [0.29, 0.717) is 6.04 Å². The molecule has 0 aromatic carbocycles. The van der Waals surface area contributed by atoms with Crippen LogP contribution in [0.15, 0.2) is 0 Å². The molecule has 0 aliphatic carbocycles. The molecule has 0 spiro atoms. The average Bonchev–Trinajstić information content (AvgIpc) is 2.31. The minimum absolute atomic E-state index is 0.526. The number of likely N-dealkylation sites (N-methyl/N-ethyl adjacent to an activating group) is 1. The number of hydrogen-bond acceptors (Lipinski definition) is 4. The first-order valence-electron chi connectivity index (χ1n) is 6.44. The lowest BCUT2D eigenvalue weighted by atomic mass is 10.3. The van der Waals surface area contributed by atoms with Gasteiger partial charge in [-0.1, -0.05) is 6.92 Å². The first-order chi connectivity index (χ1) is 7.77. The van der Waals surface area contributed by atoms with Crippen molar-refractivity contribution >= 4 is 0 Å². The molecule has 1 aliphatic rings. The van der Waals surface area contributed by atoms with E-state index in [1.54, 1.807) is 7.11 Å². The van der Waals surface area contributed by atoms with E-state index in [1.165, 1.54) is 19.6 Å². The molecule has 1 saturated heterocycles. The lowest BCUT2D eigenvalue weighted by molar-refractivity contribution is 0.0918. The number of nitrogens with zero attached hydrogens (tertiary/aromatic N) is 2. The van der Waals surface area contributed by atoms with Gasteiger partial charge in [-0.15, -0.1) is 0 Å². The van der Waals surface area contributed by atoms with Gasteiger partial charge >= 0.3 is 0 Å². The van der Waals surface area contributed by atoms with E-state index >= 15 is 0 Å². The highest BCUT2D eigenvalue weighted by Gasteiger charge is 2.14. The summed E-state index contributed by atoms with van der Waals surface area (Å²) in [4.78, 5) is 5.03.